The van der Waals surface area contributed by atoms with Gasteiger partial charge >= 0.3 is 0 Å². The minimum atomic E-state index is 0. The molecule has 1 nitrogen and oxygen atoms in total. The van der Waals surface area contributed by atoms with Crippen molar-refractivity contribution in [2.24, 2.45) is 0 Å². The van der Waals surface area contributed by atoms with Crippen LogP contribution in [0.3, 0.4) is 0 Å². The Labute approximate surface area is 246 Å². The van der Waals surface area contributed by atoms with Gasteiger partial charge < -0.3 is 12.4 Å². The van der Waals surface area contributed by atoms with Crippen molar-refractivity contribution in [3.8, 4) is 0 Å². The lowest BCUT2D eigenvalue weighted by Gasteiger charge is -2.03. The monoisotopic (exact) mass is 547 g/mol. The lowest BCUT2D eigenvalue weighted by molar-refractivity contribution is -0.697. The number of nitrogens with zero attached hydrogens (tertiary/aromatic N) is 1. The number of allylic oxidation sites excluding steroid dienone is 2. The molecule has 0 aliphatic carbocycles. The van der Waals surface area contributed by atoms with E-state index in [1.807, 2.05) is 0 Å². The highest BCUT2D eigenvalue weighted by molar-refractivity contribution is 5.07. The summed E-state index contributed by atoms with van der Waals surface area (Å²) in [6, 6.07) is 4.71. The maximum Gasteiger partial charge on any atom is 0.169 e. The zero-order valence-corrected chi connectivity index (χ0v) is 26.6. The molecule has 1 aromatic heterocycles. The molecule has 1 heterocycles. The zero-order valence-electron chi connectivity index (χ0n) is 25.9. The Bertz CT molecular complexity index is 594. The van der Waals surface area contributed by atoms with Crippen LogP contribution in [-0.4, -0.2) is 0 Å². The largest absolute Gasteiger partial charge is 1.00 e. The first-order valence-corrected chi connectivity index (χ1v) is 17.0. The predicted octanol–water partition coefficient (Wildman–Crippen LogP) is 8.87. The van der Waals surface area contributed by atoms with E-state index < -0.39 is 0 Å². The summed E-state index contributed by atoms with van der Waals surface area (Å²) in [6.07, 6.45) is 45.8. The Hall–Kier alpha value is -0.820. The molecule has 0 unspecified atom stereocenters. The fourth-order valence-electron chi connectivity index (χ4n) is 5.34. The number of unbranched alkanes of at least 4 members (excludes halogenated alkanes) is 22. The molecule has 0 amide bonds. The van der Waals surface area contributed by atoms with Crippen LogP contribution in [0.25, 0.3) is 0 Å². The molecule has 0 atom stereocenters. The SMILES string of the molecule is CCCCCCCCC=CCCCCCCCC[n+]1ccc(CCCCCCCCCCCCC)cc1.[Cl-]. The van der Waals surface area contributed by atoms with Crippen LogP contribution in [0, 0.1) is 0 Å². The first-order valence-electron chi connectivity index (χ1n) is 17.0. The Balaban J connectivity index is 0.0000137. The van der Waals surface area contributed by atoms with Crippen LogP contribution in [-0.2, 0) is 13.0 Å². The Morgan fingerprint density at radius 2 is 0.842 bits per heavy atom. The molecule has 0 aliphatic rings. The molecule has 1 rings (SSSR count). The van der Waals surface area contributed by atoms with Crippen molar-refractivity contribution >= 4 is 0 Å². The van der Waals surface area contributed by atoms with E-state index in [9.17, 15) is 0 Å². The molecule has 2 heteroatoms. The van der Waals surface area contributed by atoms with E-state index >= 15 is 0 Å². The van der Waals surface area contributed by atoms with Gasteiger partial charge in [-0.05, 0) is 50.5 Å². The summed E-state index contributed by atoms with van der Waals surface area (Å²) in [6.45, 7) is 5.77. The van der Waals surface area contributed by atoms with Crippen molar-refractivity contribution in [3.05, 3.63) is 42.2 Å². The van der Waals surface area contributed by atoms with Gasteiger partial charge in [-0.2, -0.15) is 0 Å². The molecule has 0 radical (unpaired) electrons. The highest BCUT2D eigenvalue weighted by Crippen LogP contribution is 2.13. The third kappa shape index (κ3) is 25.5. The smallest absolute Gasteiger partial charge is 0.169 e. The molecular formula is C36H66ClN. The van der Waals surface area contributed by atoms with Crippen LogP contribution in [0.1, 0.15) is 180 Å². The number of halogens is 1. The van der Waals surface area contributed by atoms with Gasteiger partial charge in [-0.3, -0.25) is 0 Å². The van der Waals surface area contributed by atoms with E-state index in [-0.39, 0.29) is 12.4 Å². The Morgan fingerprint density at radius 3 is 1.29 bits per heavy atom. The average Bonchev–Trinajstić information content (AvgIpc) is 2.92. The van der Waals surface area contributed by atoms with Gasteiger partial charge in [0.05, 0.1) is 0 Å². The van der Waals surface area contributed by atoms with Crippen molar-refractivity contribution in [2.75, 3.05) is 0 Å². The second kappa shape index (κ2) is 30.7. The normalized spacial score (nSPS) is 11.3. The molecule has 0 aromatic carbocycles. The van der Waals surface area contributed by atoms with Gasteiger partial charge in [0.15, 0.2) is 12.4 Å². The van der Waals surface area contributed by atoms with Crippen molar-refractivity contribution in [1.29, 1.82) is 0 Å². The number of aromatic nitrogens is 1. The summed E-state index contributed by atoms with van der Waals surface area (Å²) in [5.41, 5.74) is 1.52. The molecule has 0 saturated heterocycles. The van der Waals surface area contributed by atoms with Crippen LogP contribution in [0.5, 0.6) is 0 Å². The maximum absolute atomic E-state index is 2.43. The summed E-state index contributed by atoms with van der Waals surface area (Å²) < 4.78 is 2.39. The molecule has 0 aliphatic heterocycles. The van der Waals surface area contributed by atoms with E-state index in [1.54, 1.807) is 0 Å². The molecule has 38 heavy (non-hydrogen) atoms. The van der Waals surface area contributed by atoms with Crippen LogP contribution >= 0.6 is 0 Å². The Morgan fingerprint density at radius 1 is 0.474 bits per heavy atom. The Kier molecular flexibility index (Phi) is 30.1. The maximum atomic E-state index is 2.43. The van der Waals surface area contributed by atoms with Crippen molar-refractivity contribution in [1.82, 2.24) is 0 Å². The van der Waals surface area contributed by atoms with Crippen LogP contribution in [0.2, 0.25) is 0 Å². The van der Waals surface area contributed by atoms with E-state index in [4.69, 9.17) is 0 Å². The fraction of sp³-hybridized carbons (Fsp3) is 0.806. The van der Waals surface area contributed by atoms with Gasteiger partial charge in [0, 0.05) is 18.6 Å². The molecule has 0 spiro atoms. The summed E-state index contributed by atoms with van der Waals surface area (Å²) in [5.74, 6) is 0. The minimum absolute atomic E-state index is 0. The van der Waals surface area contributed by atoms with Crippen molar-refractivity contribution in [2.45, 2.75) is 187 Å². The second-order valence-corrected chi connectivity index (χ2v) is 11.7. The zero-order chi connectivity index (χ0) is 26.5. The minimum Gasteiger partial charge on any atom is -1.00 e. The number of aryl methyl sites for hydroxylation is 2. The van der Waals surface area contributed by atoms with Gasteiger partial charge in [0.1, 0.15) is 6.54 Å². The molecule has 1 aromatic rings. The molecular weight excluding hydrogens is 482 g/mol. The van der Waals surface area contributed by atoms with Crippen LogP contribution in [0.4, 0.5) is 0 Å². The van der Waals surface area contributed by atoms with Crippen molar-refractivity contribution in [3.63, 3.8) is 0 Å². The second-order valence-electron chi connectivity index (χ2n) is 11.7. The number of hydrogen-bond donors (Lipinski definition) is 0. The van der Waals surface area contributed by atoms with E-state index in [1.165, 1.54) is 179 Å². The molecule has 222 valence electrons. The fourth-order valence-corrected chi connectivity index (χ4v) is 5.34. The lowest BCUT2D eigenvalue weighted by atomic mass is 10.0. The first kappa shape index (κ1) is 37.2. The molecule has 0 saturated carbocycles. The standard InChI is InChI=1S/C36H66N.ClH/c1-3-5-7-9-11-13-15-16-17-18-19-21-23-25-27-29-33-37-34-31-36(32-35-37)30-28-26-24-22-20-14-12-10-8-6-4-2;/h16-17,31-32,34-35H,3-15,18-30,33H2,1-2H3;1H/q+1;/p-1. The molecule has 0 bridgehead atoms. The molecule has 0 N–H and O–H groups in total. The van der Waals surface area contributed by atoms with Gasteiger partial charge in [0.2, 0.25) is 0 Å². The van der Waals surface area contributed by atoms with E-state index in [0.717, 1.165) is 0 Å². The third-order valence-electron chi connectivity index (χ3n) is 7.96. The van der Waals surface area contributed by atoms with Gasteiger partial charge in [0.25, 0.3) is 0 Å². The third-order valence-corrected chi connectivity index (χ3v) is 7.96. The van der Waals surface area contributed by atoms with E-state index in [0.29, 0.717) is 0 Å². The number of rotatable bonds is 28. The van der Waals surface area contributed by atoms with Gasteiger partial charge in [-0.1, -0.05) is 142 Å². The van der Waals surface area contributed by atoms with Crippen LogP contribution in [0.15, 0.2) is 36.7 Å². The quantitative estimate of drug-likeness (QED) is 0.0560. The topological polar surface area (TPSA) is 3.88 Å². The van der Waals surface area contributed by atoms with Crippen molar-refractivity contribution < 1.29 is 17.0 Å². The first-order chi connectivity index (χ1) is 18.4. The number of hydrogen-bond acceptors (Lipinski definition) is 0. The predicted molar refractivity (Wildman–Crippen MR) is 166 cm³/mol. The van der Waals surface area contributed by atoms with Gasteiger partial charge in [-0.15, -0.1) is 0 Å². The summed E-state index contributed by atoms with van der Waals surface area (Å²) >= 11 is 0. The highest BCUT2D eigenvalue weighted by atomic mass is 35.5. The van der Waals surface area contributed by atoms with E-state index in [2.05, 4.69) is 55.1 Å². The average molecular weight is 548 g/mol. The van der Waals surface area contributed by atoms with Crippen LogP contribution < -0.4 is 17.0 Å². The molecule has 0 fully saturated rings. The highest BCUT2D eigenvalue weighted by Gasteiger charge is 2.02. The van der Waals surface area contributed by atoms with Gasteiger partial charge in [-0.25, -0.2) is 4.57 Å². The summed E-state index contributed by atoms with van der Waals surface area (Å²) in [7, 11) is 0. The lowest BCUT2D eigenvalue weighted by Crippen LogP contribution is -3.00. The summed E-state index contributed by atoms with van der Waals surface area (Å²) in [4.78, 5) is 0. The number of pyridine rings is 1. The summed E-state index contributed by atoms with van der Waals surface area (Å²) in [5, 5.41) is 0.